The van der Waals surface area contributed by atoms with Crippen molar-refractivity contribution in [2.45, 2.75) is 6.54 Å². The van der Waals surface area contributed by atoms with Gasteiger partial charge in [-0.25, -0.2) is 0 Å². The van der Waals surface area contributed by atoms with Gasteiger partial charge < -0.3 is 10.8 Å². The first kappa shape index (κ1) is 6.10. The van der Waals surface area contributed by atoms with E-state index in [4.69, 9.17) is 5.73 Å². The average Bonchev–Trinajstić information content (AvgIpc) is 2.15. The van der Waals surface area contributed by atoms with Crippen LogP contribution in [0.3, 0.4) is 0 Å². The molecule has 0 bridgehead atoms. The topological polar surface area (TPSA) is 63.8 Å². The van der Waals surface area contributed by atoms with Crippen molar-refractivity contribution in [3.05, 3.63) is 22.1 Å². The standard InChI is InChI=1S/C5H9N3O/c1-8-5(9)4(2-6)3-7-8/h3,7H,2,6H2,1H3. The van der Waals surface area contributed by atoms with Crippen LogP contribution < -0.4 is 11.3 Å². The maximum absolute atomic E-state index is 10.9. The van der Waals surface area contributed by atoms with E-state index < -0.39 is 0 Å². The molecule has 0 saturated heterocycles. The van der Waals surface area contributed by atoms with Crippen molar-refractivity contribution in [2.24, 2.45) is 12.8 Å². The van der Waals surface area contributed by atoms with E-state index in [2.05, 4.69) is 5.10 Å². The third-order valence-corrected chi connectivity index (χ3v) is 1.23. The molecule has 50 valence electrons. The van der Waals surface area contributed by atoms with E-state index in [0.29, 0.717) is 12.1 Å². The summed E-state index contributed by atoms with van der Waals surface area (Å²) in [6.07, 6.45) is 1.61. The second kappa shape index (κ2) is 2.06. The first-order valence-electron chi connectivity index (χ1n) is 2.69. The van der Waals surface area contributed by atoms with Crippen molar-refractivity contribution in [1.82, 2.24) is 9.78 Å². The SMILES string of the molecule is Cn1[nH]cc(CN)c1=O. The number of hydrogen-bond acceptors (Lipinski definition) is 2. The fourth-order valence-corrected chi connectivity index (χ4v) is 0.657. The molecule has 1 aromatic heterocycles. The molecule has 0 aliphatic heterocycles. The molecule has 1 rings (SSSR count). The van der Waals surface area contributed by atoms with Crippen LogP contribution in [-0.2, 0) is 13.6 Å². The fourth-order valence-electron chi connectivity index (χ4n) is 0.657. The minimum absolute atomic E-state index is 0.0440. The fraction of sp³-hybridized carbons (Fsp3) is 0.400. The van der Waals surface area contributed by atoms with Crippen molar-refractivity contribution >= 4 is 0 Å². The van der Waals surface area contributed by atoms with Crippen LogP contribution in [0.5, 0.6) is 0 Å². The van der Waals surface area contributed by atoms with Gasteiger partial charge in [-0.15, -0.1) is 0 Å². The lowest BCUT2D eigenvalue weighted by atomic mass is 10.4. The smallest absolute Gasteiger partial charge is 0.270 e. The largest absolute Gasteiger partial charge is 0.326 e. The van der Waals surface area contributed by atoms with Crippen LogP contribution in [0.15, 0.2) is 11.0 Å². The van der Waals surface area contributed by atoms with Gasteiger partial charge in [-0.1, -0.05) is 0 Å². The summed E-state index contributed by atoms with van der Waals surface area (Å²) in [5.74, 6) is 0. The lowest BCUT2D eigenvalue weighted by Crippen LogP contribution is -2.17. The number of aromatic amines is 1. The summed E-state index contributed by atoms with van der Waals surface area (Å²) >= 11 is 0. The van der Waals surface area contributed by atoms with Gasteiger partial charge in [-0.05, 0) is 0 Å². The zero-order valence-corrected chi connectivity index (χ0v) is 5.22. The molecule has 0 fully saturated rings. The molecule has 0 atom stereocenters. The number of nitrogens with one attached hydrogen (secondary N) is 1. The lowest BCUT2D eigenvalue weighted by molar-refractivity contribution is 0.737. The summed E-state index contributed by atoms with van der Waals surface area (Å²) in [6.45, 7) is 0.302. The first-order valence-corrected chi connectivity index (χ1v) is 2.69. The minimum Gasteiger partial charge on any atom is -0.326 e. The third kappa shape index (κ3) is 0.882. The predicted octanol–water partition coefficient (Wildman–Crippen LogP) is -0.828. The third-order valence-electron chi connectivity index (χ3n) is 1.23. The van der Waals surface area contributed by atoms with Crippen LogP contribution >= 0.6 is 0 Å². The van der Waals surface area contributed by atoms with E-state index in [1.54, 1.807) is 13.2 Å². The molecule has 0 aromatic carbocycles. The highest BCUT2D eigenvalue weighted by molar-refractivity contribution is 5.02. The Morgan fingerprint density at radius 1 is 1.89 bits per heavy atom. The van der Waals surface area contributed by atoms with E-state index in [0.717, 1.165) is 0 Å². The van der Waals surface area contributed by atoms with E-state index in [9.17, 15) is 4.79 Å². The highest BCUT2D eigenvalue weighted by Gasteiger charge is 1.97. The number of aromatic nitrogens is 2. The Labute approximate surface area is 52.3 Å². The maximum atomic E-state index is 10.9. The molecule has 9 heavy (non-hydrogen) atoms. The molecule has 0 aliphatic carbocycles. The van der Waals surface area contributed by atoms with Crippen molar-refractivity contribution < 1.29 is 0 Å². The van der Waals surface area contributed by atoms with Crippen molar-refractivity contribution in [2.75, 3.05) is 0 Å². The normalized spacial score (nSPS) is 10.0. The van der Waals surface area contributed by atoms with Crippen molar-refractivity contribution in [3.63, 3.8) is 0 Å². The van der Waals surface area contributed by atoms with Gasteiger partial charge in [0.05, 0.1) is 0 Å². The Kier molecular flexibility index (Phi) is 1.40. The van der Waals surface area contributed by atoms with Gasteiger partial charge in [-0.2, -0.15) is 0 Å². The maximum Gasteiger partial charge on any atom is 0.270 e. The number of aryl methyl sites for hydroxylation is 1. The zero-order chi connectivity index (χ0) is 6.85. The molecular formula is C5H9N3O. The quantitative estimate of drug-likeness (QED) is 0.517. The molecule has 0 amide bonds. The van der Waals surface area contributed by atoms with Crippen LogP contribution in [-0.4, -0.2) is 9.78 Å². The predicted molar refractivity (Wildman–Crippen MR) is 33.9 cm³/mol. The van der Waals surface area contributed by atoms with Gasteiger partial charge in [0.15, 0.2) is 0 Å². The van der Waals surface area contributed by atoms with Crippen molar-refractivity contribution in [1.29, 1.82) is 0 Å². The second-order valence-corrected chi connectivity index (χ2v) is 1.87. The van der Waals surface area contributed by atoms with E-state index in [1.807, 2.05) is 0 Å². The Morgan fingerprint density at radius 3 is 2.78 bits per heavy atom. The first-order chi connectivity index (χ1) is 4.25. The van der Waals surface area contributed by atoms with Crippen molar-refractivity contribution in [3.8, 4) is 0 Å². The number of rotatable bonds is 1. The van der Waals surface area contributed by atoms with Gasteiger partial charge in [0.2, 0.25) is 0 Å². The molecule has 1 heterocycles. The summed E-state index contributed by atoms with van der Waals surface area (Å²) in [5, 5.41) is 2.71. The number of nitrogens with two attached hydrogens (primary N) is 1. The second-order valence-electron chi connectivity index (χ2n) is 1.87. The molecule has 4 heteroatoms. The van der Waals surface area contributed by atoms with Gasteiger partial charge in [-0.3, -0.25) is 9.48 Å². The molecular weight excluding hydrogens is 118 g/mol. The number of nitrogens with zero attached hydrogens (tertiary/aromatic N) is 1. The Morgan fingerprint density at radius 2 is 2.56 bits per heavy atom. The lowest BCUT2D eigenvalue weighted by Gasteiger charge is -1.82. The number of H-pyrrole nitrogens is 1. The highest BCUT2D eigenvalue weighted by atomic mass is 16.1. The van der Waals surface area contributed by atoms with E-state index in [-0.39, 0.29) is 5.56 Å². The highest BCUT2D eigenvalue weighted by Crippen LogP contribution is 1.82. The van der Waals surface area contributed by atoms with Crippen LogP contribution in [0.25, 0.3) is 0 Å². The molecule has 0 unspecified atom stereocenters. The summed E-state index contributed by atoms with van der Waals surface area (Å²) in [4.78, 5) is 10.9. The van der Waals surface area contributed by atoms with E-state index in [1.165, 1.54) is 4.68 Å². The molecule has 0 radical (unpaired) electrons. The monoisotopic (exact) mass is 127 g/mol. The molecule has 3 N–H and O–H groups in total. The molecule has 1 aromatic rings. The summed E-state index contributed by atoms with van der Waals surface area (Å²) in [6, 6.07) is 0. The Balaban J connectivity index is 3.20. The molecule has 0 spiro atoms. The molecule has 4 nitrogen and oxygen atoms in total. The molecule has 0 aliphatic rings. The molecule has 0 saturated carbocycles. The van der Waals surface area contributed by atoms with E-state index >= 15 is 0 Å². The summed E-state index contributed by atoms with van der Waals surface area (Å²) in [5.41, 5.74) is 5.81. The van der Waals surface area contributed by atoms with Crippen LogP contribution in [0.2, 0.25) is 0 Å². The van der Waals surface area contributed by atoms with Crippen LogP contribution in [0, 0.1) is 0 Å². The van der Waals surface area contributed by atoms with Crippen LogP contribution in [0.1, 0.15) is 5.56 Å². The van der Waals surface area contributed by atoms with Gasteiger partial charge in [0, 0.05) is 25.4 Å². The Bertz CT molecular complexity index is 247. The summed E-state index contributed by atoms with van der Waals surface area (Å²) < 4.78 is 1.39. The van der Waals surface area contributed by atoms with Gasteiger partial charge in [0.1, 0.15) is 0 Å². The zero-order valence-electron chi connectivity index (χ0n) is 5.22. The van der Waals surface area contributed by atoms with Crippen LogP contribution in [0.4, 0.5) is 0 Å². The van der Waals surface area contributed by atoms with Gasteiger partial charge >= 0.3 is 0 Å². The minimum atomic E-state index is -0.0440. The number of hydrogen-bond donors (Lipinski definition) is 2. The van der Waals surface area contributed by atoms with Gasteiger partial charge in [0.25, 0.3) is 5.56 Å². The average molecular weight is 127 g/mol. The summed E-state index contributed by atoms with van der Waals surface area (Å²) in [7, 11) is 1.65. The Hall–Kier alpha value is -1.03.